The molecule has 1 rings (SSSR count). The predicted octanol–water partition coefficient (Wildman–Crippen LogP) is 1.21. The third kappa shape index (κ3) is 5.36. The molecule has 0 aromatic carbocycles. The molecule has 1 aliphatic heterocycles. The molecule has 18 heavy (non-hydrogen) atoms. The molecule has 0 aliphatic carbocycles. The van der Waals surface area contributed by atoms with E-state index in [0.29, 0.717) is 24.4 Å². The summed E-state index contributed by atoms with van der Waals surface area (Å²) in [5, 5.41) is 3.00. The Hall–Kier alpha value is -0.610. The van der Waals surface area contributed by atoms with E-state index in [0.717, 1.165) is 32.5 Å². The second-order valence-electron chi connectivity index (χ2n) is 5.99. The van der Waals surface area contributed by atoms with E-state index in [-0.39, 0.29) is 5.91 Å². The molecule has 4 nitrogen and oxygen atoms in total. The quantitative estimate of drug-likeness (QED) is 0.750. The van der Waals surface area contributed by atoms with Crippen LogP contribution in [0.3, 0.4) is 0 Å². The molecular weight excluding hydrogens is 226 g/mol. The summed E-state index contributed by atoms with van der Waals surface area (Å²) >= 11 is 0. The topological polar surface area (TPSA) is 58.4 Å². The number of rotatable bonds is 6. The largest absolute Gasteiger partial charge is 0.355 e. The Kier molecular flexibility index (Phi) is 6.65. The van der Waals surface area contributed by atoms with Crippen molar-refractivity contribution in [1.82, 2.24) is 10.2 Å². The molecule has 0 aromatic rings. The van der Waals surface area contributed by atoms with Crippen molar-refractivity contribution in [1.29, 1.82) is 0 Å². The van der Waals surface area contributed by atoms with Crippen molar-refractivity contribution in [3.05, 3.63) is 0 Å². The van der Waals surface area contributed by atoms with Gasteiger partial charge >= 0.3 is 0 Å². The summed E-state index contributed by atoms with van der Waals surface area (Å²) < 4.78 is 0. The van der Waals surface area contributed by atoms with Gasteiger partial charge in [0.1, 0.15) is 0 Å². The summed E-state index contributed by atoms with van der Waals surface area (Å²) in [6, 6.07) is 0.503. The molecule has 1 heterocycles. The van der Waals surface area contributed by atoms with Crippen LogP contribution in [0.5, 0.6) is 0 Å². The van der Waals surface area contributed by atoms with Crippen LogP contribution in [0.1, 0.15) is 40.0 Å². The van der Waals surface area contributed by atoms with E-state index >= 15 is 0 Å². The minimum absolute atomic E-state index is 0.153. The van der Waals surface area contributed by atoms with Gasteiger partial charge in [-0.15, -0.1) is 0 Å². The first kappa shape index (κ1) is 15.4. The molecular formula is C14H29N3O. The van der Waals surface area contributed by atoms with Crippen molar-refractivity contribution in [2.24, 2.45) is 17.6 Å². The Morgan fingerprint density at radius 3 is 2.78 bits per heavy atom. The van der Waals surface area contributed by atoms with Gasteiger partial charge in [-0.2, -0.15) is 0 Å². The lowest BCUT2D eigenvalue weighted by atomic mass is 9.93. The average Bonchev–Trinajstić information content (AvgIpc) is 2.31. The van der Waals surface area contributed by atoms with E-state index in [1.54, 1.807) is 0 Å². The summed E-state index contributed by atoms with van der Waals surface area (Å²) in [4.78, 5) is 14.1. The fourth-order valence-corrected chi connectivity index (χ4v) is 2.42. The van der Waals surface area contributed by atoms with Gasteiger partial charge in [-0.1, -0.05) is 13.8 Å². The highest BCUT2D eigenvalue weighted by atomic mass is 16.2. The van der Waals surface area contributed by atoms with Gasteiger partial charge in [0.2, 0.25) is 5.91 Å². The van der Waals surface area contributed by atoms with Gasteiger partial charge < -0.3 is 11.1 Å². The fraction of sp³-hybridized carbons (Fsp3) is 0.929. The van der Waals surface area contributed by atoms with Crippen LogP contribution in [-0.2, 0) is 4.79 Å². The zero-order chi connectivity index (χ0) is 13.5. The SMILES string of the molecule is CC(C)CCNC(=O)CN1CC(CN)CCC1C. The van der Waals surface area contributed by atoms with Crippen molar-refractivity contribution < 1.29 is 4.79 Å². The van der Waals surface area contributed by atoms with Crippen LogP contribution in [0, 0.1) is 11.8 Å². The third-order valence-electron chi connectivity index (χ3n) is 3.83. The number of nitrogens with two attached hydrogens (primary N) is 1. The maximum atomic E-state index is 11.8. The van der Waals surface area contributed by atoms with Crippen LogP contribution in [0.15, 0.2) is 0 Å². The smallest absolute Gasteiger partial charge is 0.234 e. The van der Waals surface area contributed by atoms with Gasteiger partial charge in [0.05, 0.1) is 6.54 Å². The van der Waals surface area contributed by atoms with Gasteiger partial charge in [-0.05, 0) is 44.6 Å². The normalized spacial score (nSPS) is 25.4. The number of hydrogen-bond acceptors (Lipinski definition) is 3. The number of piperidine rings is 1. The number of carbonyl (C=O) groups is 1. The van der Waals surface area contributed by atoms with Crippen LogP contribution in [0.4, 0.5) is 0 Å². The Morgan fingerprint density at radius 1 is 1.44 bits per heavy atom. The minimum Gasteiger partial charge on any atom is -0.355 e. The third-order valence-corrected chi connectivity index (χ3v) is 3.83. The monoisotopic (exact) mass is 255 g/mol. The van der Waals surface area contributed by atoms with E-state index in [1.165, 1.54) is 6.42 Å². The van der Waals surface area contributed by atoms with Crippen molar-refractivity contribution in [2.45, 2.75) is 46.1 Å². The van der Waals surface area contributed by atoms with Crippen LogP contribution < -0.4 is 11.1 Å². The van der Waals surface area contributed by atoms with Gasteiger partial charge in [0.15, 0.2) is 0 Å². The van der Waals surface area contributed by atoms with Crippen LogP contribution in [-0.4, -0.2) is 43.0 Å². The van der Waals surface area contributed by atoms with Crippen LogP contribution >= 0.6 is 0 Å². The molecule has 0 spiro atoms. The molecule has 1 amide bonds. The summed E-state index contributed by atoms with van der Waals surface area (Å²) in [7, 11) is 0. The Balaban J connectivity index is 2.28. The minimum atomic E-state index is 0.153. The second kappa shape index (κ2) is 7.74. The highest BCUT2D eigenvalue weighted by molar-refractivity contribution is 5.78. The maximum absolute atomic E-state index is 11.8. The van der Waals surface area contributed by atoms with Gasteiger partial charge in [0.25, 0.3) is 0 Å². The van der Waals surface area contributed by atoms with Gasteiger partial charge in [-0.3, -0.25) is 9.69 Å². The van der Waals surface area contributed by atoms with E-state index in [9.17, 15) is 4.79 Å². The summed E-state index contributed by atoms with van der Waals surface area (Å²) in [6.07, 6.45) is 3.40. The molecule has 1 fully saturated rings. The summed E-state index contributed by atoms with van der Waals surface area (Å²) in [6.45, 7) is 9.56. The van der Waals surface area contributed by atoms with Crippen molar-refractivity contribution in [2.75, 3.05) is 26.2 Å². The molecule has 1 aliphatic rings. The van der Waals surface area contributed by atoms with E-state index < -0.39 is 0 Å². The number of nitrogens with one attached hydrogen (secondary N) is 1. The maximum Gasteiger partial charge on any atom is 0.234 e. The van der Waals surface area contributed by atoms with Crippen molar-refractivity contribution >= 4 is 5.91 Å². The molecule has 2 atom stereocenters. The Labute approximate surface area is 111 Å². The molecule has 106 valence electrons. The van der Waals surface area contributed by atoms with Crippen LogP contribution in [0.25, 0.3) is 0 Å². The molecule has 2 unspecified atom stereocenters. The first-order chi connectivity index (χ1) is 8.52. The molecule has 0 aromatic heterocycles. The first-order valence-corrected chi connectivity index (χ1v) is 7.23. The molecule has 3 N–H and O–H groups in total. The molecule has 0 saturated carbocycles. The number of likely N-dealkylation sites (tertiary alicyclic amines) is 1. The van der Waals surface area contributed by atoms with Crippen LogP contribution in [0.2, 0.25) is 0 Å². The Bertz CT molecular complexity index is 255. The lowest BCUT2D eigenvalue weighted by molar-refractivity contribution is -0.123. The second-order valence-corrected chi connectivity index (χ2v) is 5.99. The number of amides is 1. The fourth-order valence-electron chi connectivity index (χ4n) is 2.42. The number of carbonyl (C=O) groups excluding carboxylic acids is 1. The van der Waals surface area contributed by atoms with Crippen molar-refractivity contribution in [3.8, 4) is 0 Å². The summed E-state index contributed by atoms with van der Waals surface area (Å²) in [5.41, 5.74) is 5.73. The molecule has 1 saturated heterocycles. The van der Waals surface area contributed by atoms with Gasteiger partial charge in [-0.25, -0.2) is 0 Å². The van der Waals surface area contributed by atoms with Gasteiger partial charge in [0, 0.05) is 19.1 Å². The first-order valence-electron chi connectivity index (χ1n) is 7.23. The zero-order valence-corrected chi connectivity index (χ0v) is 12.1. The number of nitrogens with zero attached hydrogens (tertiary/aromatic N) is 1. The highest BCUT2D eigenvalue weighted by Crippen LogP contribution is 2.20. The van der Waals surface area contributed by atoms with E-state index in [2.05, 4.69) is 31.0 Å². The molecule has 0 radical (unpaired) electrons. The predicted molar refractivity (Wildman–Crippen MR) is 75.3 cm³/mol. The average molecular weight is 255 g/mol. The summed E-state index contributed by atoms with van der Waals surface area (Å²) in [5.74, 6) is 1.35. The number of hydrogen-bond donors (Lipinski definition) is 2. The van der Waals surface area contributed by atoms with E-state index in [1.807, 2.05) is 0 Å². The molecule has 4 heteroatoms. The lowest BCUT2D eigenvalue weighted by Gasteiger charge is -2.37. The lowest BCUT2D eigenvalue weighted by Crippen LogP contribution is -2.48. The Morgan fingerprint density at radius 2 is 2.17 bits per heavy atom. The zero-order valence-electron chi connectivity index (χ0n) is 12.1. The van der Waals surface area contributed by atoms with Crippen molar-refractivity contribution in [3.63, 3.8) is 0 Å². The molecule has 0 bridgehead atoms. The standard InChI is InChI=1S/C14H29N3O/c1-11(2)6-7-16-14(18)10-17-9-13(8-15)5-4-12(17)3/h11-13H,4-10,15H2,1-3H3,(H,16,18). The highest BCUT2D eigenvalue weighted by Gasteiger charge is 2.25. The van der Waals surface area contributed by atoms with E-state index in [4.69, 9.17) is 5.73 Å².